The number of likely N-dealkylation sites (N-methyl/N-ethyl adjacent to an activating group) is 1. The Morgan fingerprint density at radius 3 is 2.56 bits per heavy atom. The number of benzene rings is 1. The molecule has 5 heteroatoms. The summed E-state index contributed by atoms with van der Waals surface area (Å²) in [7, 11) is 1.62. The first kappa shape index (κ1) is 11.0. The zero-order chi connectivity index (χ0) is 11.7. The molecule has 2 amide bonds. The molecule has 0 radical (unpaired) electrons. The van der Waals surface area contributed by atoms with Crippen LogP contribution in [0.15, 0.2) is 24.3 Å². The van der Waals surface area contributed by atoms with Crippen molar-refractivity contribution in [1.82, 2.24) is 10.2 Å². The van der Waals surface area contributed by atoms with Gasteiger partial charge in [0, 0.05) is 12.1 Å². The minimum Gasteiger partial charge on any atom is -0.339 e. The number of piperazine rings is 1. The van der Waals surface area contributed by atoms with Gasteiger partial charge >= 0.3 is 0 Å². The van der Waals surface area contributed by atoms with Crippen LogP contribution in [0.4, 0.5) is 0 Å². The van der Waals surface area contributed by atoms with Crippen LogP contribution in [0.5, 0.6) is 0 Å². The Morgan fingerprint density at radius 2 is 1.94 bits per heavy atom. The fourth-order valence-corrected chi connectivity index (χ4v) is 1.79. The van der Waals surface area contributed by atoms with Crippen LogP contribution in [0.25, 0.3) is 0 Å². The molecular weight excluding hydrogens is 228 g/mol. The van der Waals surface area contributed by atoms with Gasteiger partial charge in [-0.1, -0.05) is 23.7 Å². The van der Waals surface area contributed by atoms with Gasteiger partial charge in [-0.05, 0) is 17.7 Å². The first-order valence-corrected chi connectivity index (χ1v) is 5.25. The molecule has 1 aliphatic rings. The van der Waals surface area contributed by atoms with Gasteiger partial charge in [0.05, 0.1) is 6.54 Å². The lowest BCUT2D eigenvalue weighted by Crippen LogP contribution is -2.51. The maximum absolute atomic E-state index is 11.8. The van der Waals surface area contributed by atoms with Crippen molar-refractivity contribution in [3.8, 4) is 0 Å². The molecule has 1 aliphatic heterocycles. The summed E-state index contributed by atoms with van der Waals surface area (Å²) in [5.41, 5.74) is 0.745. The number of amides is 2. The van der Waals surface area contributed by atoms with Crippen LogP contribution >= 0.6 is 11.6 Å². The van der Waals surface area contributed by atoms with Crippen molar-refractivity contribution >= 4 is 23.4 Å². The van der Waals surface area contributed by atoms with E-state index in [4.69, 9.17) is 11.6 Å². The van der Waals surface area contributed by atoms with Crippen molar-refractivity contribution in [2.45, 2.75) is 6.04 Å². The van der Waals surface area contributed by atoms with E-state index in [0.717, 1.165) is 5.56 Å². The third kappa shape index (κ3) is 2.02. The van der Waals surface area contributed by atoms with E-state index in [9.17, 15) is 9.59 Å². The van der Waals surface area contributed by atoms with Crippen LogP contribution in [-0.4, -0.2) is 30.3 Å². The molecule has 0 unspecified atom stereocenters. The van der Waals surface area contributed by atoms with Gasteiger partial charge < -0.3 is 10.2 Å². The molecule has 0 aliphatic carbocycles. The highest BCUT2D eigenvalue weighted by Gasteiger charge is 2.31. The second kappa shape index (κ2) is 4.14. The van der Waals surface area contributed by atoms with E-state index in [1.807, 2.05) is 0 Å². The number of nitrogens with zero attached hydrogens (tertiary/aromatic N) is 1. The molecule has 0 saturated carbocycles. The lowest BCUT2D eigenvalue weighted by atomic mass is 10.0. The minimum absolute atomic E-state index is 0.109. The molecule has 1 atom stereocenters. The van der Waals surface area contributed by atoms with Crippen LogP contribution in [0.3, 0.4) is 0 Å². The van der Waals surface area contributed by atoms with Crippen LogP contribution < -0.4 is 5.32 Å². The van der Waals surface area contributed by atoms with Crippen molar-refractivity contribution in [1.29, 1.82) is 0 Å². The van der Waals surface area contributed by atoms with Crippen molar-refractivity contribution in [3.63, 3.8) is 0 Å². The van der Waals surface area contributed by atoms with Gasteiger partial charge in [0.1, 0.15) is 6.04 Å². The summed E-state index contributed by atoms with van der Waals surface area (Å²) in [5, 5.41) is 3.26. The maximum Gasteiger partial charge on any atom is 0.250 e. The van der Waals surface area contributed by atoms with Gasteiger partial charge in [0.15, 0.2) is 0 Å². The van der Waals surface area contributed by atoms with E-state index in [1.165, 1.54) is 4.90 Å². The van der Waals surface area contributed by atoms with Crippen molar-refractivity contribution in [3.05, 3.63) is 34.9 Å². The Morgan fingerprint density at radius 1 is 1.31 bits per heavy atom. The Hall–Kier alpha value is -1.55. The monoisotopic (exact) mass is 238 g/mol. The number of nitrogens with one attached hydrogen (secondary N) is 1. The third-order valence-corrected chi connectivity index (χ3v) is 2.76. The average molecular weight is 239 g/mol. The molecule has 1 aromatic rings. The molecule has 1 heterocycles. The number of hydrogen-bond donors (Lipinski definition) is 1. The average Bonchev–Trinajstić information content (AvgIpc) is 2.25. The second-order valence-corrected chi connectivity index (χ2v) is 4.18. The van der Waals surface area contributed by atoms with Crippen LogP contribution in [0, 0.1) is 0 Å². The summed E-state index contributed by atoms with van der Waals surface area (Å²) < 4.78 is 0. The molecule has 0 spiro atoms. The molecule has 16 heavy (non-hydrogen) atoms. The fraction of sp³-hybridized carbons (Fsp3) is 0.273. The molecule has 0 bridgehead atoms. The molecule has 1 aromatic carbocycles. The molecular formula is C11H11ClN2O2. The summed E-state index contributed by atoms with van der Waals surface area (Å²) in [6.45, 7) is 0.114. The standard InChI is InChI=1S/C11H11ClN2O2/c1-14-6-9(15)13-10(11(14)16)7-2-4-8(12)5-3-7/h2-5,10H,6H2,1H3,(H,13,15)/t10-/m0/s1. The van der Waals surface area contributed by atoms with Crippen LogP contribution in [-0.2, 0) is 9.59 Å². The van der Waals surface area contributed by atoms with Gasteiger partial charge in [-0.3, -0.25) is 9.59 Å². The Bertz CT molecular complexity index is 430. The SMILES string of the molecule is CN1CC(=O)N[C@@H](c2ccc(Cl)cc2)C1=O. The Kier molecular flexibility index (Phi) is 2.83. The Balaban J connectivity index is 2.28. The summed E-state index contributed by atoms with van der Waals surface area (Å²) in [6.07, 6.45) is 0. The lowest BCUT2D eigenvalue weighted by molar-refractivity contribution is -0.143. The van der Waals surface area contributed by atoms with Crippen molar-refractivity contribution in [2.24, 2.45) is 0 Å². The summed E-state index contributed by atoms with van der Waals surface area (Å²) in [4.78, 5) is 24.6. The number of hydrogen-bond acceptors (Lipinski definition) is 2. The predicted octanol–water partition coefficient (Wildman–Crippen LogP) is 0.969. The quantitative estimate of drug-likeness (QED) is 0.793. The number of rotatable bonds is 1. The van der Waals surface area contributed by atoms with E-state index < -0.39 is 6.04 Å². The molecule has 2 rings (SSSR count). The van der Waals surface area contributed by atoms with Crippen LogP contribution in [0.1, 0.15) is 11.6 Å². The number of halogens is 1. The summed E-state index contributed by atoms with van der Waals surface area (Å²) in [6, 6.07) is 6.29. The molecule has 1 saturated heterocycles. The highest BCUT2D eigenvalue weighted by Crippen LogP contribution is 2.20. The lowest BCUT2D eigenvalue weighted by Gasteiger charge is -2.29. The highest BCUT2D eigenvalue weighted by molar-refractivity contribution is 6.30. The molecule has 84 valence electrons. The second-order valence-electron chi connectivity index (χ2n) is 3.75. The van der Waals surface area contributed by atoms with E-state index >= 15 is 0 Å². The topological polar surface area (TPSA) is 49.4 Å². The largest absolute Gasteiger partial charge is 0.339 e. The Labute approximate surface area is 98.2 Å². The molecule has 0 aromatic heterocycles. The van der Waals surface area contributed by atoms with Gasteiger partial charge in [-0.25, -0.2) is 0 Å². The smallest absolute Gasteiger partial charge is 0.250 e. The number of carbonyl (C=O) groups excluding carboxylic acids is 2. The zero-order valence-electron chi connectivity index (χ0n) is 8.74. The summed E-state index contributed by atoms with van der Waals surface area (Å²) in [5.74, 6) is -0.260. The minimum atomic E-state index is -0.594. The molecule has 1 fully saturated rings. The first-order valence-electron chi connectivity index (χ1n) is 4.88. The van der Waals surface area contributed by atoms with Crippen molar-refractivity contribution < 1.29 is 9.59 Å². The maximum atomic E-state index is 11.8. The molecule has 1 N–H and O–H groups in total. The van der Waals surface area contributed by atoms with Crippen molar-refractivity contribution in [2.75, 3.05) is 13.6 Å². The predicted molar refractivity (Wildman–Crippen MR) is 60.0 cm³/mol. The first-order chi connectivity index (χ1) is 7.58. The van der Waals surface area contributed by atoms with Gasteiger partial charge in [0.25, 0.3) is 0 Å². The molecule has 4 nitrogen and oxygen atoms in total. The van der Waals surface area contributed by atoms with E-state index in [2.05, 4.69) is 5.32 Å². The highest BCUT2D eigenvalue weighted by atomic mass is 35.5. The van der Waals surface area contributed by atoms with Gasteiger partial charge in [-0.2, -0.15) is 0 Å². The zero-order valence-corrected chi connectivity index (χ0v) is 9.49. The van der Waals surface area contributed by atoms with Gasteiger partial charge in [0.2, 0.25) is 11.8 Å². The third-order valence-electron chi connectivity index (χ3n) is 2.51. The van der Waals surface area contributed by atoms with Crippen LogP contribution in [0.2, 0.25) is 5.02 Å². The van der Waals surface area contributed by atoms with Gasteiger partial charge in [-0.15, -0.1) is 0 Å². The van der Waals surface area contributed by atoms with E-state index in [0.29, 0.717) is 5.02 Å². The van der Waals surface area contributed by atoms with E-state index in [-0.39, 0.29) is 18.4 Å². The summed E-state index contributed by atoms with van der Waals surface area (Å²) >= 11 is 5.76. The van der Waals surface area contributed by atoms with E-state index in [1.54, 1.807) is 31.3 Å². The fourth-order valence-electron chi connectivity index (χ4n) is 1.66. The number of carbonyl (C=O) groups is 2. The normalized spacial score (nSPS) is 20.9.